The first-order valence-corrected chi connectivity index (χ1v) is 17.1. The summed E-state index contributed by atoms with van der Waals surface area (Å²) in [5, 5.41) is 8.99. The molecule has 2 amide bonds. The number of carbonyl (C=O) groups is 2. The zero-order valence-corrected chi connectivity index (χ0v) is 26.5. The van der Waals surface area contributed by atoms with Crippen molar-refractivity contribution in [1.82, 2.24) is 9.80 Å². The molecule has 4 aliphatic rings. The second-order valence-corrected chi connectivity index (χ2v) is 13.3. The van der Waals surface area contributed by atoms with Crippen LogP contribution >= 0.6 is 0 Å². The summed E-state index contributed by atoms with van der Waals surface area (Å²) < 4.78 is 10.8. The molecule has 2 aromatic rings. The molecule has 7 nitrogen and oxygen atoms in total. The van der Waals surface area contributed by atoms with Crippen LogP contribution in [0.4, 0.5) is 9.59 Å². The molecule has 4 atom stereocenters. The third-order valence-electron chi connectivity index (χ3n) is 10.3. The topological polar surface area (TPSA) is 79.3 Å². The highest BCUT2D eigenvalue weighted by Gasteiger charge is 2.44. The number of carbonyl (C=O) groups excluding carboxylic acids is 2. The van der Waals surface area contributed by atoms with Crippen molar-refractivity contribution >= 4 is 12.2 Å². The minimum Gasteiger partial charge on any atom is -0.445 e. The van der Waals surface area contributed by atoms with Gasteiger partial charge in [0.25, 0.3) is 0 Å². The largest absolute Gasteiger partial charge is 0.445 e. The molecule has 0 radical (unpaired) electrons. The Kier molecular flexibility index (Phi) is 12.0. The molecule has 2 aliphatic heterocycles. The monoisotopic (exact) mass is 604 g/mol. The van der Waals surface area contributed by atoms with Crippen LogP contribution in [0.25, 0.3) is 0 Å². The molecule has 2 aromatic carbocycles. The Morgan fingerprint density at radius 2 is 1.09 bits per heavy atom. The number of ether oxygens (including phenoxy) is 2. The van der Waals surface area contributed by atoms with Gasteiger partial charge >= 0.3 is 12.2 Å². The van der Waals surface area contributed by atoms with Gasteiger partial charge in [0.15, 0.2) is 0 Å². The van der Waals surface area contributed by atoms with Crippen molar-refractivity contribution in [1.29, 1.82) is 0 Å². The fourth-order valence-corrected chi connectivity index (χ4v) is 7.54. The van der Waals surface area contributed by atoms with E-state index >= 15 is 0 Å². The zero-order valence-electron chi connectivity index (χ0n) is 26.5. The highest BCUT2D eigenvalue weighted by molar-refractivity contribution is 5.68. The van der Waals surface area contributed by atoms with Gasteiger partial charge in [-0.15, -0.1) is 0 Å². The van der Waals surface area contributed by atoms with Crippen molar-refractivity contribution in [3.63, 3.8) is 0 Å². The van der Waals surface area contributed by atoms with E-state index in [0.29, 0.717) is 19.8 Å². The minimum absolute atomic E-state index is 0.150. The Bertz CT molecular complexity index is 1050. The normalized spacial score (nSPS) is 25.0. The molecule has 1 N–H and O–H groups in total. The maximum atomic E-state index is 12.1. The van der Waals surface area contributed by atoms with Gasteiger partial charge in [-0.2, -0.15) is 0 Å². The number of rotatable bonds is 10. The van der Waals surface area contributed by atoms with E-state index in [2.05, 4.69) is 6.92 Å². The molecular formula is C37H52N2O5. The lowest BCUT2D eigenvalue weighted by Gasteiger charge is -2.31. The molecular weight excluding hydrogens is 552 g/mol. The van der Waals surface area contributed by atoms with Crippen LogP contribution in [0.15, 0.2) is 60.7 Å². The van der Waals surface area contributed by atoms with Crippen molar-refractivity contribution < 1.29 is 24.2 Å². The molecule has 2 aliphatic carbocycles. The first kappa shape index (κ1) is 32.3. The third-order valence-corrected chi connectivity index (χ3v) is 10.3. The van der Waals surface area contributed by atoms with Crippen molar-refractivity contribution in [2.45, 2.75) is 77.9 Å². The van der Waals surface area contributed by atoms with Gasteiger partial charge in [0.1, 0.15) is 13.2 Å². The SMILES string of the molecule is CCC[C@@H]1C[C@@H]1C1CCN(C(=O)OCc2ccccc2)CC1.O=C(OCc1ccccc1)N1CCC([C@H]2C[C@H]2CCO)CC1. The van der Waals surface area contributed by atoms with Gasteiger partial charge in [0.05, 0.1) is 0 Å². The number of piperidine rings is 2. The van der Waals surface area contributed by atoms with Crippen molar-refractivity contribution in [2.24, 2.45) is 35.5 Å². The van der Waals surface area contributed by atoms with E-state index < -0.39 is 0 Å². The number of aliphatic hydroxyl groups excluding tert-OH is 1. The highest BCUT2D eigenvalue weighted by atomic mass is 16.6. The molecule has 4 fully saturated rings. The van der Waals surface area contributed by atoms with Crippen LogP contribution in [0.2, 0.25) is 0 Å². The average Bonchev–Trinajstić information content (AvgIpc) is 4.01. The van der Waals surface area contributed by atoms with E-state index in [-0.39, 0.29) is 12.2 Å². The molecule has 0 spiro atoms. The lowest BCUT2D eigenvalue weighted by molar-refractivity contribution is 0.0790. The number of amides is 2. The Balaban J connectivity index is 0.000000175. The van der Waals surface area contributed by atoms with Crippen LogP contribution in [0, 0.1) is 35.5 Å². The third kappa shape index (κ3) is 9.47. The van der Waals surface area contributed by atoms with E-state index in [4.69, 9.17) is 14.6 Å². The second kappa shape index (κ2) is 16.3. The van der Waals surface area contributed by atoms with Crippen molar-refractivity contribution in [3.05, 3.63) is 71.8 Å². The number of benzene rings is 2. The van der Waals surface area contributed by atoms with Gasteiger partial charge in [-0.1, -0.05) is 80.4 Å². The van der Waals surface area contributed by atoms with E-state index in [1.807, 2.05) is 70.5 Å². The van der Waals surface area contributed by atoms with E-state index in [9.17, 15) is 9.59 Å². The maximum Gasteiger partial charge on any atom is 0.410 e. The van der Waals surface area contributed by atoms with Crippen LogP contribution in [0.1, 0.15) is 75.8 Å². The predicted molar refractivity (Wildman–Crippen MR) is 172 cm³/mol. The Labute approximate surface area is 263 Å². The Morgan fingerprint density at radius 3 is 1.48 bits per heavy atom. The lowest BCUT2D eigenvalue weighted by atomic mass is 9.90. The van der Waals surface area contributed by atoms with E-state index in [1.165, 1.54) is 25.7 Å². The number of hydrogen-bond donors (Lipinski definition) is 1. The van der Waals surface area contributed by atoms with Crippen molar-refractivity contribution in [3.8, 4) is 0 Å². The summed E-state index contributed by atoms with van der Waals surface area (Å²) in [4.78, 5) is 28.0. The fourth-order valence-electron chi connectivity index (χ4n) is 7.54. The molecule has 0 aromatic heterocycles. The highest BCUT2D eigenvalue weighted by Crippen LogP contribution is 2.50. The summed E-state index contributed by atoms with van der Waals surface area (Å²) in [6.45, 7) is 6.66. The van der Waals surface area contributed by atoms with Crippen LogP contribution in [-0.2, 0) is 22.7 Å². The predicted octanol–water partition coefficient (Wildman–Crippen LogP) is 7.53. The summed E-state index contributed by atoms with van der Waals surface area (Å²) in [5.74, 6) is 5.01. The smallest absolute Gasteiger partial charge is 0.410 e. The summed E-state index contributed by atoms with van der Waals surface area (Å²) in [6.07, 6.45) is 10.5. The molecule has 2 saturated heterocycles. The summed E-state index contributed by atoms with van der Waals surface area (Å²) >= 11 is 0. The van der Waals surface area contributed by atoms with Gasteiger partial charge < -0.3 is 24.4 Å². The molecule has 7 heteroatoms. The standard InChI is InChI=1S/C19H27NO2.C18H25NO3/c1-2-6-17-13-18(17)16-9-11-20(12-10-16)19(21)22-14-15-7-4-3-5-8-15;20-11-8-16-12-17(16)15-6-9-19(10-7-15)18(21)22-13-14-4-2-1-3-5-14/h3-5,7-8,16-18H,2,6,9-14H2,1H3;1-5,15-17,20H,6-13H2/t17-,18-;16-,17-/m11/s1. The summed E-state index contributed by atoms with van der Waals surface area (Å²) in [7, 11) is 0. The summed E-state index contributed by atoms with van der Waals surface area (Å²) in [6, 6.07) is 19.7. The van der Waals surface area contributed by atoms with Gasteiger partial charge in [0, 0.05) is 32.8 Å². The maximum absolute atomic E-state index is 12.1. The van der Waals surface area contributed by atoms with Crippen LogP contribution in [0.3, 0.4) is 0 Å². The van der Waals surface area contributed by atoms with Gasteiger partial charge in [-0.3, -0.25) is 0 Å². The molecule has 0 bridgehead atoms. The second-order valence-electron chi connectivity index (χ2n) is 13.3. The zero-order chi connectivity index (χ0) is 30.7. The van der Waals surface area contributed by atoms with Crippen LogP contribution in [0.5, 0.6) is 0 Å². The Hall–Kier alpha value is -3.06. The number of likely N-dealkylation sites (tertiary alicyclic amines) is 2. The van der Waals surface area contributed by atoms with Crippen LogP contribution < -0.4 is 0 Å². The minimum atomic E-state index is -0.190. The average molecular weight is 605 g/mol. The molecule has 44 heavy (non-hydrogen) atoms. The Morgan fingerprint density at radius 1 is 0.682 bits per heavy atom. The quantitative estimate of drug-likeness (QED) is 0.303. The molecule has 2 heterocycles. The van der Waals surface area contributed by atoms with Crippen LogP contribution in [-0.4, -0.2) is 59.9 Å². The number of nitrogens with zero attached hydrogens (tertiary/aromatic N) is 2. The first-order valence-electron chi connectivity index (χ1n) is 17.1. The fraction of sp³-hybridized carbons (Fsp3) is 0.622. The summed E-state index contributed by atoms with van der Waals surface area (Å²) in [5.41, 5.74) is 2.07. The lowest BCUT2D eigenvalue weighted by Crippen LogP contribution is -2.39. The van der Waals surface area contributed by atoms with Gasteiger partial charge in [-0.05, 0) is 91.6 Å². The number of hydrogen-bond acceptors (Lipinski definition) is 5. The molecule has 0 unspecified atom stereocenters. The first-order chi connectivity index (χ1) is 21.6. The molecule has 6 rings (SSSR count). The van der Waals surface area contributed by atoms with Gasteiger partial charge in [0.2, 0.25) is 0 Å². The molecule has 2 saturated carbocycles. The van der Waals surface area contributed by atoms with E-state index in [1.54, 1.807) is 0 Å². The van der Waals surface area contributed by atoms with Crippen molar-refractivity contribution in [2.75, 3.05) is 32.8 Å². The van der Waals surface area contributed by atoms with Gasteiger partial charge in [-0.25, -0.2) is 9.59 Å². The van der Waals surface area contributed by atoms with E-state index in [0.717, 1.165) is 105 Å². The molecule has 240 valence electrons. The number of aliphatic hydroxyl groups is 1.